The Hall–Kier alpha value is -3.64. The van der Waals surface area contributed by atoms with E-state index in [4.69, 9.17) is 22.1 Å². The number of rotatable bonds is 11. The molecule has 1 aliphatic heterocycles. The Bertz CT molecular complexity index is 1650. The van der Waals surface area contributed by atoms with E-state index in [9.17, 15) is 19.2 Å². The highest BCUT2D eigenvalue weighted by atomic mass is 35.5. The van der Waals surface area contributed by atoms with Crippen molar-refractivity contribution in [1.82, 2.24) is 20.5 Å². The SMILES string of the molecule is Cc1cn(C2CC2)c2c(Cl)c(N3CC4CC=CC(NC(=O)[C@@H](C)NC(=O)[C@H](CCCCN)NC(=O)OC(C)(C)C)C4C3)c(F)cc2c1=O. The Morgan fingerprint density at radius 1 is 1.15 bits per heavy atom. The van der Waals surface area contributed by atoms with E-state index in [1.165, 1.54) is 6.07 Å². The summed E-state index contributed by atoms with van der Waals surface area (Å²) in [5.41, 5.74) is 6.06. The molecule has 0 radical (unpaired) electrons. The van der Waals surface area contributed by atoms with Crippen LogP contribution in [0.4, 0.5) is 14.9 Å². The van der Waals surface area contributed by atoms with Gasteiger partial charge in [-0.15, -0.1) is 0 Å². The second kappa shape index (κ2) is 14.5. The first-order chi connectivity index (χ1) is 22.7. The predicted octanol–water partition coefficient (Wildman–Crippen LogP) is 4.46. The van der Waals surface area contributed by atoms with Crippen molar-refractivity contribution in [3.05, 3.63) is 51.0 Å². The number of benzene rings is 1. The van der Waals surface area contributed by atoms with Crippen LogP contribution in [0.5, 0.6) is 0 Å². The molecule has 2 heterocycles. The average Bonchev–Trinajstić information content (AvgIpc) is 3.76. The Balaban J connectivity index is 1.27. The van der Waals surface area contributed by atoms with Gasteiger partial charge in [-0.2, -0.15) is 0 Å². The van der Waals surface area contributed by atoms with Gasteiger partial charge in [0.25, 0.3) is 0 Å². The molecule has 2 aromatic rings. The summed E-state index contributed by atoms with van der Waals surface area (Å²) in [5.74, 6) is -1.32. The zero-order valence-electron chi connectivity index (χ0n) is 28.4. The van der Waals surface area contributed by atoms with Crippen LogP contribution in [0, 0.1) is 24.6 Å². The number of nitrogens with one attached hydrogen (secondary N) is 3. The normalized spacial score (nSPS) is 21.8. The summed E-state index contributed by atoms with van der Waals surface area (Å²) >= 11 is 6.96. The maximum Gasteiger partial charge on any atom is 0.408 e. The van der Waals surface area contributed by atoms with Gasteiger partial charge in [0.2, 0.25) is 11.8 Å². The van der Waals surface area contributed by atoms with Crippen molar-refractivity contribution in [3.8, 4) is 0 Å². The second-order valence-corrected chi connectivity index (χ2v) is 14.8. The van der Waals surface area contributed by atoms with E-state index in [0.29, 0.717) is 50.0 Å². The number of carbonyl (C=O) groups is 3. The van der Waals surface area contributed by atoms with E-state index in [-0.39, 0.29) is 51.4 Å². The first-order valence-electron chi connectivity index (χ1n) is 16.9. The van der Waals surface area contributed by atoms with Crippen molar-refractivity contribution in [3.63, 3.8) is 0 Å². The Morgan fingerprint density at radius 3 is 2.54 bits per heavy atom. The van der Waals surface area contributed by atoms with Crippen LogP contribution in [-0.4, -0.2) is 65.8 Å². The zero-order chi connectivity index (χ0) is 34.9. The number of halogens is 2. The topological polar surface area (TPSA) is 148 Å². The number of nitrogens with zero attached hydrogens (tertiary/aromatic N) is 2. The molecule has 5 rings (SSSR count). The molecule has 3 aliphatic rings. The number of ether oxygens (including phenoxy) is 1. The molecule has 1 saturated carbocycles. The summed E-state index contributed by atoms with van der Waals surface area (Å²) in [7, 11) is 0. The van der Waals surface area contributed by atoms with Crippen LogP contribution in [-0.2, 0) is 14.3 Å². The fraction of sp³-hybridized carbons (Fsp3) is 0.600. The third kappa shape index (κ3) is 7.97. The minimum absolute atomic E-state index is 0.0329. The highest BCUT2D eigenvalue weighted by Crippen LogP contribution is 2.44. The van der Waals surface area contributed by atoms with Gasteiger partial charge in [0.1, 0.15) is 23.5 Å². The van der Waals surface area contributed by atoms with Gasteiger partial charge in [-0.3, -0.25) is 14.4 Å². The molecule has 48 heavy (non-hydrogen) atoms. The van der Waals surface area contributed by atoms with Gasteiger partial charge in [-0.25, -0.2) is 9.18 Å². The molecule has 13 heteroatoms. The molecular formula is C35H48ClFN6O5. The number of alkyl carbamates (subject to hydrolysis) is 1. The number of hydrogen-bond acceptors (Lipinski definition) is 7. The van der Waals surface area contributed by atoms with Gasteiger partial charge in [0.05, 0.1) is 27.7 Å². The second-order valence-electron chi connectivity index (χ2n) is 14.4. The zero-order valence-corrected chi connectivity index (χ0v) is 29.2. The Morgan fingerprint density at radius 2 is 1.88 bits per heavy atom. The Kier molecular flexibility index (Phi) is 10.7. The molecule has 5 N–H and O–H groups in total. The maximum atomic E-state index is 15.8. The van der Waals surface area contributed by atoms with Crippen LogP contribution in [0.3, 0.4) is 0 Å². The smallest absolute Gasteiger partial charge is 0.408 e. The first-order valence-corrected chi connectivity index (χ1v) is 17.3. The lowest BCUT2D eigenvalue weighted by Crippen LogP contribution is -2.55. The van der Waals surface area contributed by atoms with E-state index in [2.05, 4.69) is 16.0 Å². The van der Waals surface area contributed by atoms with Gasteiger partial charge in [-0.05, 0) is 91.7 Å². The maximum absolute atomic E-state index is 15.8. The third-order valence-electron chi connectivity index (χ3n) is 9.37. The number of pyridine rings is 1. The van der Waals surface area contributed by atoms with E-state index < -0.39 is 35.5 Å². The van der Waals surface area contributed by atoms with Crippen LogP contribution >= 0.6 is 11.6 Å². The van der Waals surface area contributed by atoms with Gasteiger partial charge >= 0.3 is 6.09 Å². The van der Waals surface area contributed by atoms with Crippen LogP contribution in [0.1, 0.15) is 77.8 Å². The van der Waals surface area contributed by atoms with Crippen molar-refractivity contribution in [2.24, 2.45) is 17.6 Å². The molecule has 11 nitrogen and oxygen atoms in total. The van der Waals surface area contributed by atoms with Crippen LogP contribution in [0.25, 0.3) is 10.9 Å². The molecule has 0 bridgehead atoms. The van der Waals surface area contributed by atoms with Crippen LogP contribution in [0.15, 0.2) is 29.2 Å². The number of aryl methyl sites for hydroxylation is 1. The van der Waals surface area contributed by atoms with E-state index in [0.717, 1.165) is 19.3 Å². The van der Waals surface area contributed by atoms with E-state index in [1.54, 1.807) is 34.6 Å². The number of carbonyl (C=O) groups excluding carboxylic acids is 3. The van der Waals surface area contributed by atoms with Crippen molar-refractivity contribution >= 4 is 46.1 Å². The summed E-state index contributed by atoms with van der Waals surface area (Å²) in [5, 5.41) is 8.95. The fourth-order valence-electron chi connectivity index (χ4n) is 6.81. The molecule has 2 fully saturated rings. The highest BCUT2D eigenvalue weighted by molar-refractivity contribution is 6.38. The molecule has 5 atom stereocenters. The number of nitrogens with two attached hydrogens (primary N) is 1. The molecule has 262 valence electrons. The van der Waals surface area contributed by atoms with Gasteiger partial charge in [-0.1, -0.05) is 23.8 Å². The number of allylic oxidation sites excluding steroid dienone is 1. The van der Waals surface area contributed by atoms with Gasteiger partial charge in [0.15, 0.2) is 5.43 Å². The molecule has 3 unspecified atom stereocenters. The number of amides is 3. The summed E-state index contributed by atoms with van der Waals surface area (Å²) < 4.78 is 23.1. The summed E-state index contributed by atoms with van der Waals surface area (Å²) in [4.78, 5) is 53.9. The molecular weight excluding hydrogens is 639 g/mol. The van der Waals surface area contributed by atoms with Crippen molar-refractivity contribution in [1.29, 1.82) is 0 Å². The fourth-order valence-corrected chi connectivity index (χ4v) is 7.22. The van der Waals surface area contributed by atoms with Crippen molar-refractivity contribution < 1.29 is 23.5 Å². The quantitative estimate of drug-likeness (QED) is 0.202. The average molecular weight is 687 g/mol. The van der Waals surface area contributed by atoms with Crippen molar-refractivity contribution in [2.75, 3.05) is 24.5 Å². The van der Waals surface area contributed by atoms with Crippen molar-refractivity contribution in [2.45, 2.75) is 103 Å². The standard InChI is InChI=1S/C35H48ClFN6O5/c1-19-16-43(22-12-13-22)29-23(31(19)44)15-25(37)30(28(29)36)42-17-21-9-8-11-26(24(21)18-42)40-32(45)20(2)39-33(46)27(10-6-7-14-38)41-34(47)48-35(3,4)5/h8,11,15-16,20-22,24,26-27H,6-7,9-10,12-14,17-18,38H2,1-5H3,(H,39,46)(H,40,45)(H,41,47)/t20-,21?,24?,26?,27+/m1/s1. The monoisotopic (exact) mass is 686 g/mol. The van der Waals surface area contributed by atoms with Gasteiger partial charge in [0, 0.05) is 36.8 Å². The molecule has 3 amide bonds. The minimum Gasteiger partial charge on any atom is -0.444 e. The van der Waals surface area contributed by atoms with E-state index >= 15 is 4.39 Å². The Labute approximate surface area is 285 Å². The molecule has 0 spiro atoms. The number of hydrogen-bond donors (Lipinski definition) is 4. The lowest BCUT2D eigenvalue weighted by Gasteiger charge is -2.30. The number of aromatic nitrogens is 1. The minimum atomic E-state index is -0.897. The van der Waals surface area contributed by atoms with Gasteiger partial charge < -0.3 is 35.9 Å². The lowest BCUT2D eigenvalue weighted by molar-refractivity contribution is -0.130. The summed E-state index contributed by atoms with van der Waals surface area (Å²) in [6.45, 7) is 9.97. The van der Waals surface area contributed by atoms with Crippen LogP contribution in [0.2, 0.25) is 5.02 Å². The third-order valence-corrected chi connectivity index (χ3v) is 9.73. The first kappa shape index (κ1) is 35.7. The number of fused-ring (bicyclic) bond motifs is 2. The summed E-state index contributed by atoms with van der Waals surface area (Å²) in [6.07, 6.45) is 9.42. The van der Waals surface area contributed by atoms with Crippen LogP contribution < -0.4 is 32.0 Å². The largest absolute Gasteiger partial charge is 0.444 e. The molecule has 1 aromatic heterocycles. The molecule has 1 aromatic carbocycles. The predicted molar refractivity (Wildman–Crippen MR) is 185 cm³/mol. The number of unbranched alkanes of at least 4 members (excludes halogenated alkanes) is 1. The van der Waals surface area contributed by atoms with E-state index in [1.807, 2.05) is 27.8 Å². The number of anilines is 1. The molecule has 2 aliphatic carbocycles. The lowest BCUT2D eigenvalue weighted by atomic mass is 9.82. The molecule has 1 saturated heterocycles. The summed E-state index contributed by atoms with van der Waals surface area (Å²) in [6, 6.07) is -0.586. The highest BCUT2D eigenvalue weighted by Gasteiger charge is 2.41.